The minimum atomic E-state index is -1.38. The first kappa shape index (κ1) is 17.4. The van der Waals surface area contributed by atoms with E-state index >= 15 is 0 Å². The second kappa shape index (κ2) is 5.98. The number of primary amides is 1. The van der Waals surface area contributed by atoms with E-state index in [-0.39, 0.29) is 6.10 Å². The first-order valence-corrected chi connectivity index (χ1v) is 6.78. The van der Waals surface area contributed by atoms with E-state index in [0.717, 1.165) is 0 Å². The quantitative estimate of drug-likeness (QED) is 0.473. The lowest BCUT2D eigenvalue weighted by atomic mass is 9.54. The van der Waals surface area contributed by atoms with E-state index in [1.165, 1.54) is 0 Å². The fraction of sp³-hybridized carbons (Fsp3) is 0.769. The zero-order valence-corrected chi connectivity index (χ0v) is 12.5. The highest BCUT2D eigenvalue weighted by Crippen LogP contribution is 2.49. The molecule has 0 aliphatic heterocycles. The Hall–Kier alpha value is -1.67. The number of carbonyl (C=O) groups is 3. The molecule has 1 aliphatic carbocycles. The first-order valence-electron chi connectivity index (χ1n) is 6.78. The van der Waals surface area contributed by atoms with Gasteiger partial charge < -0.3 is 26.6 Å². The van der Waals surface area contributed by atoms with Gasteiger partial charge >= 0.3 is 5.97 Å². The molecule has 6 N–H and O–H groups in total. The molecule has 0 aromatic carbocycles. The van der Waals surface area contributed by atoms with Crippen molar-refractivity contribution >= 4 is 17.8 Å². The number of nitrogens with two attached hydrogens (primary N) is 2. The Balaban J connectivity index is 2.79. The molecule has 0 radical (unpaired) electrons. The minimum absolute atomic E-state index is 0.169. The van der Waals surface area contributed by atoms with Crippen LogP contribution in [0.5, 0.6) is 0 Å². The number of rotatable bonds is 7. The van der Waals surface area contributed by atoms with Crippen molar-refractivity contribution in [2.45, 2.75) is 51.3 Å². The largest absolute Gasteiger partial charge is 0.480 e. The molecular formula is C13H23N3O5. The number of nitrogens with one attached hydrogen (secondary N) is 1. The van der Waals surface area contributed by atoms with Crippen molar-refractivity contribution in [1.29, 1.82) is 0 Å². The molecule has 8 heteroatoms. The molecule has 21 heavy (non-hydrogen) atoms. The summed E-state index contributed by atoms with van der Waals surface area (Å²) in [6.45, 7) is 5.94. The van der Waals surface area contributed by atoms with Crippen molar-refractivity contribution in [2.24, 2.45) is 16.9 Å². The Labute approximate surface area is 123 Å². The van der Waals surface area contributed by atoms with Crippen LogP contribution < -0.4 is 16.8 Å². The summed E-state index contributed by atoms with van der Waals surface area (Å²) >= 11 is 0. The lowest BCUT2D eigenvalue weighted by Gasteiger charge is -2.57. The highest BCUT2D eigenvalue weighted by molar-refractivity contribution is 5.93. The van der Waals surface area contributed by atoms with E-state index < -0.39 is 41.2 Å². The third kappa shape index (κ3) is 3.16. The normalized spacial score (nSPS) is 28.3. The number of hydrogen-bond acceptors (Lipinski definition) is 5. The van der Waals surface area contributed by atoms with Gasteiger partial charge in [-0.05, 0) is 6.92 Å². The maximum absolute atomic E-state index is 12.3. The average molecular weight is 301 g/mol. The van der Waals surface area contributed by atoms with Crippen LogP contribution in [0, 0.1) is 5.41 Å². The highest BCUT2D eigenvalue weighted by Gasteiger charge is 2.63. The Morgan fingerprint density at radius 3 is 2.38 bits per heavy atom. The van der Waals surface area contributed by atoms with Crippen molar-refractivity contribution in [2.75, 3.05) is 6.61 Å². The molecule has 0 saturated heterocycles. The predicted molar refractivity (Wildman–Crippen MR) is 74.1 cm³/mol. The van der Waals surface area contributed by atoms with E-state index in [9.17, 15) is 14.4 Å². The molecule has 0 aromatic heterocycles. The van der Waals surface area contributed by atoms with Crippen LogP contribution in [0.3, 0.4) is 0 Å². The van der Waals surface area contributed by atoms with Gasteiger partial charge in [-0.15, -0.1) is 0 Å². The molecule has 2 amide bonds. The molecule has 120 valence electrons. The number of carbonyl (C=O) groups excluding carboxylic acids is 2. The summed E-state index contributed by atoms with van der Waals surface area (Å²) < 4.78 is 5.51. The summed E-state index contributed by atoms with van der Waals surface area (Å²) in [5.41, 5.74) is 9.22. The van der Waals surface area contributed by atoms with Gasteiger partial charge in [0, 0.05) is 18.4 Å². The van der Waals surface area contributed by atoms with Gasteiger partial charge in [-0.2, -0.15) is 0 Å². The van der Waals surface area contributed by atoms with Gasteiger partial charge in [0.15, 0.2) is 0 Å². The zero-order chi connectivity index (χ0) is 16.4. The molecule has 0 heterocycles. The SMILES string of the molecule is CCOC1CC(N)(C(=O)NC(CC(N)=O)C(=O)O)C1(C)C. The van der Waals surface area contributed by atoms with Gasteiger partial charge in [0.05, 0.1) is 12.5 Å². The summed E-state index contributed by atoms with van der Waals surface area (Å²) in [6.07, 6.45) is -0.354. The summed E-state index contributed by atoms with van der Waals surface area (Å²) in [5.74, 6) is -2.75. The predicted octanol–water partition coefficient (Wildman–Crippen LogP) is -1.04. The molecule has 1 saturated carbocycles. The number of carboxylic acid groups (broad SMARTS) is 1. The van der Waals surface area contributed by atoms with Gasteiger partial charge in [0.2, 0.25) is 11.8 Å². The summed E-state index contributed by atoms with van der Waals surface area (Å²) in [7, 11) is 0. The van der Waals surface area contributed by atoms with Crippen LogP contribution in [0.15, 0.2) is 0 Å². The monoisotopic (exact) mass is 301 g/mol. The molecule has 1 aliphatic rings. The number of amides is 2. The average Bonchev–Trinajstić information content (AvgIpc) is 2.36. The minimum Gasteiger partial charge on any atom is -0.480 e. The van der Waals surface area contributed by atoms with Gasteiger partial charge in [0.25, 0.3) is 0 Å². The van der Waals surface area contributed by atoms with E-state index in [1.807, 2.05) is 6.92 Å². The number of ether oxygens (including phenoxy) is 1. The maximum Gasteiger partial charge on any atom is 0.326 e. The first-order chi connectivity index (χ1) is 9.56. The van der Waals surface area contributed by atoms with E-state index in [1.54, 1.807) is 13.8 Å². The molecule has 3 atom stereocenters. The Morgan fingerprint density at radius 1 is 1.43 bits per heavy atom. The molecule has 8 nitrogen and oxygen atoms in total. The second-order valence-corrected chi connectivity index (χ2v) is 5.88. The lowest BCUT2D eigenvalue weighted by Crippen LogP contribution is -2.76. The second-order valence-electron chi connectivity index (χ2n) is 5.88. The smallest absolute Gasteiger partial charge is 0.326 e. The van der Waals surface area contributed by atoms with Gasteiger partial charge in [-0.3, -0.25) is 9.59 Å². The Morgan fingerprint density at radius 2 is 2.00 bits per heavy atom. The van der Waals surface area contributed by atoms with Crippen LogP contribution in [0.4, 0.5) is 0 Å². The molecular weight excluding hydrogens is 278 g/mol. The van der Waals surface area contributed by atoms with E-state index in [2.05, 4.69) is 5.32 Å². The van der Waals surface area contributed by atoms with Crippen molar-refractivity contribution < 1.29 is 24.2 Å². The van der Waals surface area contributed by atoms with Crippen LogP contribution in [0.2, 0.25) is 0 Å². The fourth-order valence-corrected chi connectivity index (χ4v) is 2.51. The maximum atomic E-state index is 12.3. The van der Waals surface area contributed by atoms with Crippen molar-refractivity contribution in [3.05, 3.63) is 0 Å². The van der Waals surface area contributed by atoms with Crippen LogP contribution in [0.25, 0.3) is 0 Å². The van der Waals surface area contributed by atoms with Crippen LogP contribution >= 0.6 is 0 Å². The van der Waals surface area contributed by atoms with Gasteiger partial charge in [0.1, 0.15) is 11.6 Å². The third-order valence-corrected chi connectivity index (χ3v) is 4.24. The molecule has 3 unspecified atom stereocenters. The van der Waals surface area contributed by atoms with Crippen molar-refractivity contribution in [1.82, 2.24) is 5.32 Å². The molecule has 1 fully saturated rings. The fourth-order valence-electron chi connectivity index (χ4n) is 2.51. The number of carboxylic acids is 1. The van der Waals surface area contributed by atoms with E-state index in [0.29, 0.717) is 13.0 Å². The molecule has 0 spiro atoms. The van der Waals surface area contributed by atoms with Crippen molar-refractivity contribution in [3.8, 4) is 0 Å². The standard InChI is InChI=1S/C13H23N3O5/c1-4-21-8-6-13(15,12(8,2)3)11(20)16-7(10(18)19)5-9(14)17/h7-8H,4-6,15H2,1-3H3,(H2,14,17)(H,16,20)(H,18,19). The van der Waals surface area contributed by atoms with Crippen LogP contribution in [-0.2, 0) is 19.1 Å². The summed E-state index contributed by atoms with van der Waals surface area (Å²) in [5, 5.41) is 11.3. The molecule has 0 bridgehead atoms. The van der Waals surface area contributed by atoms with E-state index in [4.69, 9.17) is 21.3 Å². The van der Waals surface area contributed by atoms with Gasteiger partial charge in [-0.1, -0.05) is 13.8 Å². The summed E-state index contributed by atoms with van der Waals surface area (Å²) in [6, 6.07) is -1.38. The highest BCUT2D eigenvalue weighted by atomic mass is 16.5. The number of hydrogen-bond donors (Lipinski definition) is 4. The third-order valence-electron chi connectivity index (χ3n) is 4.24. The topological polar surface area (TPSA) is 145 Å². The van der Waals surface area contributed by atoms with Crippen LogP contribution in [0.1, 0.15) is 33.6 Å². The summed E-state index contributed by atoms with van der Waals surface area (Å²) in [4.78, 5) is 34.2. The molecule has 1 rings (SSSR count). The lowest BCUT2D eigenvalue weighted by molar-refractivity contribution is -0.172. The van der Waals surface area contributed by atoms with Gasteiger partial charge in [-0.25, -0.2) is 4.79 Å². The van der Waals surface area contributed by atoms with Crippen molar-refractivity contribution in [3.63, 3.8) is 0 Å². The zero-order valence-electron chi connectivity index (χ0n) is 12.5. The molecule has 0 aromatic rings. The Bertz CT molecular complexity index is 451. The number of aliphatic carboxylic acids is 1. The van der Waals surface area contributed by atoms with Crippen LogP contribution in [-0.4, -0.2) is 47.2 Å². The Kier molecular flexibility index (Phi) is 4.95.